The number of non-ortho nitro benzene ring substituents is 1. The highest BCUT2D eigenvalue weighted by Gasteiger charge is 2.42. The van der Waals surface area contributed by atoms with Crippen LogP contribution in [-0.2, 0) is 11.2 Å². The maximum absolute atomic E-state index is 11.8. The van der Waals surface area contributed by atoms with E-state index in [9.17, 15) is 20.2 Å². The molecule has 0 heterocycles. The molecule has 1 unspecified atom stereocenters. The quantitative estimate of drug-likeness (QED) is 0.603. The van der Waals surface area contributed by atoms with Crippen LogP contribution in [0.5, 0.6) is 0 Å². The van der Waals surface area contributed by atoms with Gasteiger partial charge in [-0.1, -0.05) is 12.1 Å². The minimum atomic E-state index is -0.921. The van der Waals surface area contributed by atoms with Crippen LogP contribution in [0.1, 0.15) is 24.8 Å². The van der Waals surface area contributed by atoms with Gasteiger partial charge in [0.05, 0.1) is 11.0 Å². The van der Waals surface area contributed by atoms with Crippen LogP contribution in [0.3, 0.4) is 0 Å². The zero-order valence-electron chi connectivity index (χ0n) is 9.76. The molecule has 0 aromatic heterocycles. The molecule has 0 bridgehead atoms. The van der Waals surface area contributed by atoms with E-state index in [1.54, 1.807) is 12.1 Å². The summed E-state index contributed by atoms with van der Waals surface area (Å²) >= 11 is 0. The first-order valence-electron chi connectivity index (χ1n) is 5.75. The number of hydrogen-bond donors (Lipinski definition) is 0. The van der Waals surface area contributed by atoms with Crippen molar-refractivity contribution in [2.75, 3.05) is 0 Å². The van der Waals surface area contributed by atoms with E-state index in [-0.39, 0.29) is 11.5 Å². The highest BCUT2D eigenvalue weighted by molar-refractivity contribution is 5.89. The Kier molecular flexibility index (Phi) is 3.11. The zero-order chi connectivity index (χ0) is 13.2. The summed E-state index contributed by atoms with van der Waals surface area (Å²) in [5, 5.41) is 19.7. The van der Waals surface area contributed by atoms with E-state index >= 15 is 0 Å². The SMILES string of the molecule is N#CC1(Cc2ccc([N+](=O)[O-])cc2)CCCC1=O. The summed E-state index contributed by atoms with van der Waals surface area (Å²) in [4.78, 5) is 21.8. The average molecular weight is 244 g/mol. The number of rotatable bonds is 3. The van der Waals surface area contributed by atoms with Crippen molar-refractivity contribution in [3.05, 3.63) is 39.9 Å². The van der Waals surface area contributed by atoms with E-state index in [2.05, 4.69) is 6.07 Å². The number of hydrogen-bond acceptors (Lipinski definition) is 4. The number of carbonyl (C=O) groups is 1. The summed E-state index contributed by atoms with van der Waals surface area (Å²) in [6.45, 7) is 0. The topological polar surface area (TPSA) is 84.0 Å². The second kappa shape index (κ2) is 4.57. The van der Waals surface area contributed by atoms with Gasteiger partial charge in [-0.15, -0.1) is 0 Å². The number of Topliss-reactive ketones (excluding diaryl/α,β-unsaturated/α-hetero) is 1. The summed E-state index contributed by atoms with van der Waals surface area (Å²) in [5.74, 6) is -0.0108. The van der Waals surface area contributed by atoms with Crippen LogP contribution in [0.2, 0.25) is 0 Å². The molecule has 0 spiro atoms. The van der Waals surface area contributed by atoms with E-state index in [1.807, 2.05) is 0 Å². The smallest absolute Gasteiger partial charge is 0.269 e. The summed E-state index contributed by atoms with van der Waals surface area (Å²) in [5.41, 5.74) is -0.115. The molecule has 0 N–H and O–H groups in total. The van der Waals surface area contributed by atoms with Crippen LogP contribution in [0.25, 0.3) is 0 Å². The first-order valence-corrected chi connectivity index (χ1v) is 5.75. The lowest BCUT2D eigenvalue weighted by Gasteiger charge is -2.18. The Morgan fingerprint density at radius 3 is 2.50 bits per heavy atom. The number of nitro groups is 1. The van der Waals surface area contributed by atoms with Crippen LogP contribution in [0.15, 0.2) is 24.3 Å². The molecule has 1 aliphatic carbocycles. The Balaban J connectivity index is 2.21. The van der Waals surface area contributed by atoms with Gasteiger partial charge in [-0.25, -0.2) is 0 Å². The van der Waals surface area contributed by atoms with Gasteiger partial charge in [-0.05, 0) is 24.8 Å². The lowest BCUT2D eigenvalue weighted by Crippen LogP contribution is -2.26. The lowest BCUT2D eigenvalue weighted by atomic mass is 9.81. The van der Waals surface area contributed by atoms with E-state index < -0.39 is 10.3 Å². The van der Waals surface area contributed by atoms with Crippen molar-refractivity contribution >= 4 is 11.5 Å². The van der Waals surface area contributed by atoms with Gasteiger partial charge >= 0.3 is 0 Å². The third-order valence-electron chi connectivity index (χ3n) is 3.41. The summed E-state index contributed by atoms with van der Waals surface area (Å²) in [6, 6.07) is 8.16. The van der Waals surface area contributed by atoms with Gasteiger partial charge in [-0.2, -0.15) is 5.26 Å². The van der Waals surface area contributed by atoms with E-state index in [0.29, 0.717) is 19.3 Å². The number of carbonyl (C=O) groups excluding carboxylic acids is 1. The predicted octanol–water partition coefficient (Wildman–Crippen LogP) is 2.40. The maximum Gasteiger partial charge on any atom is 0.269 e. The Bertz CT molecular complexity index is 530. The molecule has 18 heavy (non-hydrogen) atoms. The van der Waals surface area contributed by atoms with Crippen molar-refractivity contribution in [1.82, 2.24) is 0 Å². The molecule has 1 fully saturated rings. The van der Waals surface area contributed by atoms with Crippen LogP contribution < -0.4 is 0 Å². The van der Waals surface area contributed by atoms with Crippen molar-refractivity contribution in [1.29, 1.82) is 5.26 Å². The Labute approximate surface area is 104 Å². The van der Waals surface area contributed by atoms with Crippen LogP contribution >= 0.6 is 0 Å². The van der Waals surface area contributed by atoms with Gasteiger partial charge in [0.1, 0.15) is 5.41 Å². The normalized spacial score (nSPS) is 22.7. The third-order valence-corrected chi connectivity index (χ3v) is 3.41. The van der Waals surface area contributed by atoms with Gasteiger partial charge in [0.2, 0.25) is 0 Å². The third kappa shape index (κ3) is 2.09. The standard InChI is InChI=1S/C13H12N2O3/c14-9-13(7-1-2-12(13)16)8-10-3-5-11(6-4-10)15(17)18/h3-6H,1-2,7-8H2. The molecule has 1 atom stereocenters. The van der Waals surface area contributed by atoms with E-state index in [0.717, 1.165) is 12.0 Å². The molecule has 0 saturated heterocycles. The van der Waals surface area contributed by atoms with Crippen LogP contribution in [0.4, 0.5) is 5.69 Å². The molecule has 5 nitrogen and oxygen atoms in total. The van der Waals surface area contributed by atoms with Crippen LogP contribution in [-0.4, -0.2) is 10.7 Å². The molecule has 0 radical (unpaired) electrons. The van der Waals surface area contributed by atoms with Crippen molar-refractivity contribution in [3.8, 4) is 6.07 Å². The van der Waals surface area contributed by atoms with Gasteiger partial charge in [0.25, 0.3) is 5.69 Å². The molecular weight excluding hydrogens is 232 g/mol. The minimum absolute atomic E-state index is 0.0108. The van der Waals surface area contributed by atoms with E-state index in [4.69, 9.17) is 0 Å². The largest absolute Gasteiger partial charge is 0.298 e. The fraction of sp³-hybridized carbons (Fsp3) is 0.385. The fourth-order valence-corrected chi connectivity index (χ4v) is 2.36. The molecule has 5 heteroatoms. The van der Waals surface area contributed by atoms with Gasteiger partial charge < -0.3 is 0 Å². The van der Waals surface area contributed by atoms with Gasteiger partial charge in [0, 0.05) is 18.6 Å². The van der Waals surface area contributed by atoms with E-state index in [1.165, 1.54) is 12.1 Å². The molecule has 1 saturated carbocycles. The highest BCUT2D eigenvalue weighted by Crippen LogP contribution is 2.37. The fourth-order valence-electron chi connectivity index (χ4n) is 2.36. The number of nitriles is 1. The van der Waals surface area contributed by atoms with Crippen molar-refractivity contribution < 1.29 is 9.72 Å². The van der Waals surface area contributed by atoms with Crippen LogP contribution in [0, 0.1) is 26.9 Å². The number of ketones is 1. The molecule has 1 aliphatic rings. The first kappa shape index (κ1) is 12.2. The highest BCUT2D eigenvalue weighted by atomic mass is 16.6. The summed E-state index contributed by atoms with van der Waals surface area (Å²) in [7, 11) is 0. The maximum atomic E-state index is 11.8. The number of nitro benzene ring substituents is 1. The monoisotopic (exact) mass is 244 g/mol. The molecule has 1 aromatic carbocycles. The zero-order valence-corrected chi connectivity index (χ0v) is 9.76. The lowest BCUT2D eigenvalue weighted by molar-refractivity contribution is -0.384. The molecule has 0 amide bonds. The molecule has 92 valence electrons. The summed E-state index contributed by atoms with van der Waals surface area (Å²) in [6.07, 6.45) is 2.14. The molecular formula is C13H12N2O3. The number of nitrogens with zero attached hydrogens (tertiary/aromatic N) is 2. The Morgan fingerprint density at radius 1 is 1.39 bits per heavy atom. The second-order valence-electron chi connectivity index (χ2n) is 4.57. The van der Waals surface area contributed by atoms with Gasteiger partial charge in [-0.3, -0.25) is 14.9 Å². The number of benzene rings is 1. The average Bonchev–Trinajstić information content (AvgIpc) is 2.72. The Morgan fingerprint density at radius 2 is 2.06 bits per heavy atom. The van der Waals surface area contributed by atoms with Gasteiger partial charge in [0.15, 0.2) is 5.78 Å². The predicted molar refractivity (Wildman–Crippen MR) is 63.7 cm³/mol. The summed E-state index contributed by atoms with van der Waals surface area (Å²) < 4.78 is 0. The first-order chi connectivity index (χ1) is 8.57. The van der Waals surface area contributed by atoms with Crippen molar-refractivity contribution in [2.45, 2.75) is 25.7 Å². The molecule has 0 aliphatic heterocycles. The molecule has 1 aromatic rings. The van der Waals surface area contributed by atoms with Crippen molar-refractivity contribution in [3.63, 3.8) is 0 Å². The van der Waals surface area contributed by atoms with Crippen molar-refractivity contribution in [2.24, 2.45) is 5.41 Å². The Hall–Kier alpha value is -2.22. The second-order valence-corrected chi connectivity index (χ2v) is 4.57. The minimum Gasteiger partial charge on any atom is -0.298 e. The molecule has 2 rings (SSSR count).